The number of nitrogens with zero attached hydrogens (tertiary/aromatic N) is 3. The molecule has 1 aliphatic rings. The van der Waals surface area contributed by atoms with Gasteiger partial charge in [-0.15, -0.1) is 10.2 Å². The molecule has 0 radical (unpaired) electrons. The van der Waals surface area contributed by atoms with Crippen molar-refractivity contribution in [1.82, 2.24) is 15.2 Å². The molecular formula is C22H22N4O4S. The number of fused-ring (bicyclic) bond motifs is 3. The van der Waals surface area contributed by atoms with E-state index in [-0.39, 0.29) is 6.61 Å². The van der Waals surface area contributed by atoms with Gasteiger partial charge < -0.3 is 19.5 Å². The Morgan fingerprint density at radius 1 is 1.13 bits per heavy atom. The van der Waals surface area contributed by atoms with Crippen LogP contribution < -0.4 is 14.8 Å². The van der Waals surface area contributed by atoms with Crippen molar-refractivity contribution in [3.8, 4) is 22.9 Å². The van der Waals surface area contributed by atoms with Crippen LogP contribution in [0.4, 0.5) is 5.69 Å². The van der Waals surface area contributed by atoms with Crippen molar-refractivity contribution in [2.75, 3.05) is 24.3 Å². The van der Waals surface area contributed by atoms with Crippen molar-refractivity contribution < 1.29 is 19.0 Å². The van der Waals surface area contributed by atoms with Gasteiger partial charge in [-0.05, 0) is 30.9 Å². The van der Waals surface area contributed by atoms with Crippen molar-refractivity contribution >= 4 is 23.4 Å². The number of aromatic nitrogens is 3. The maximum atomic E-state index is 11.8. The molecule has 0 aliphatic carbocycles. The number of carbonyl (C=O) groups excluding carboxylic acids is 1. The molecule has 0 fully saturated rings. The maximum Gasteiger partial charge on any atom is 0.344 e. The van der Waals surface area contributed by atoms with E-state index in [2.05, 4.69) is 20.5 Å². The van der Waals surface area contributed by atoms with Gasteiger partial charge in [-0.1, -0.05) is 49.0 Å². The van der Waals surface area contributed by atoms with E-state index in [1.807, 2.05) is 49.4 Å². The lowest BCUT2D eigenvalue weighted by Gasteiger charge is -2.21. The monoisotopic (exact) mass is 438 g/mol. The molecule has 0 spiro atoms. The van der Waals surface area contributed by atoms with Crippen molar-refractivity contribution in [3.63, 3.8) is 0 Å². The molecule has 1 aromatic heterocycles. The minimum Gasteiger partial charge on any atom is -0.481 e. The molecule has 31 heavy (non-hydrogen) atoms. The van der Waals surface area contributed by atoms with Gasteiger partial charge in [0, 0.05) is 11.3 Å². The van der Waals surface area contributed by atoms with E-state index in [9.17, 15) is 4.79 Å². The molecule has 0 saturated heterocycles. The molecule has 2 aromatic carbocycles. The second-order valence-corrected chi connectivity index (χ2v) is 7.73. The van der Waals surface area contributed by atoms with Gasteiger partial charge >= 0.3 is 5.97 Å². The summed E-state index contributed by atoms with van der Waals surface area (Å²) >= 11 is 1.49. The molecule has 1 aliphatic heterocycles. The summed E-state index contributed by atoms with van der Waals surface area (Å²) in [7, 11) is 0. The van der Waals surface area contributed by atoms with Crippen LogP contribution in [0.1, 0.15) is 25.6 Å². The summed E-state index contributed by atoms with van der Waals surface area (Å²) in [5, 5.41) is 12.5. The third kappa shape index (κ3) is 4.72. The van der Waals surface area contributed by atoms with E-state index < -0.39 is 12.2 Å². The number of esters is 1. The summed E-state index contributed by atoms with van der Waals surface area (Å²) in [5.41, 5.74) is 2.96. The third-order valence-electron chi connectivity index (χ3n) is 4.46. The maximum absolute atomic E-state index is 11.8. The van der Waals surface area contributed by atoms with Gasteiger partial charge in [0.1, 0.15) is 5.75 Å². The Labute approximate surface area is 184 Å². The Morgan fingerprint density at radius 2 is 1.94 bits per heavy atom. The molecule has 1 N–H and O–H groups in total. The van der Waals surface area contributed by atoms with Crippen LogP contribution in [-0.4, -0.2) is 40.1 Å². The molecule has 9 heteroatoms. The molecule has 2 heterocycles. The van der Waals surface area contributed by atoms with Crippen molar-refractivity contribution in [2.24, 2.45) is 0 Å². The van der Waals surface area contributed by atoms with E-state index in [1.54, 1.807) is 13.0 Å². The first kappa shape index (κ1) is 20.9. The second-order valence-electron chi connectivity index (χ2n) is 6.50. The summed E-state index contributed by atoms with van der Waals surface area (Å²) in [6, 6.07) is 15.1. The van der Waals surface area contributed by atoms with Crippen LogP contribution in [0.2, 0.25) is 0 Å². The Hall–Kier alpha value is -3.33. The van der Waals surface area contributed by atoms with Crippen LogP contribution in [0.5, 0.6) is 11.6 Å². The predicted molar refractivity (Wildman–Crippen MR) is 117 cm³/mol. The van der Waals surface area contributed by atoms with E-state index in [0.717, 1.165) is 22.6 Å². The van der Waals surface area contributed by atoms with Gasteiger partial charge in [0.25, 0.3) is 0 Å². The first-order valence-corrected chi connectivity index (χ1v) is 11.0. The number of para-hydroxylation sites is 2. The largest absolute Gasteiger partial charge is 0.481 e. The molecule has 8 nitrogen and oxygen atoms in total. The van der Waals surface area contributed by atoms with Gasteiger partial charge in [0.2, 0.25) is 17.3 Å². The lowest BCUT2D eigenvalue weighted by atomic mass is 10.1. The number of rotatable bonds is 7. The Kier molecular flexibility index (Phi) is 6.51. The predicted octanol–water partition coefficient (Wildman–Crippen LogP) is 4.10. The lowest BCUT2D eigenvalue weighted by Crippen LogP contribution is -2.20. The van der Waals surface area contributed by atoms with Gasteiger partial charge in [0.05, 0.1) is 12.2 Å². The molecule has 4 rings (SSSR count). The Morgan fingerprint density at radius 3 is 2.77 bits per heavy atom. The van der Waals surface area contributed by atoms with E-state index in [1.165, 1.54) is 11.8 Å². The first-order chi connectivity index (χ1) is 15.2. The van der Waals surface area contributed by atoms with Crippen LogP contribution in [0.15, 0.2) is 53.7 Å². The fourth-order valence-corrected chi connectivity index (χ4v) is 3.65. The topological polar surface area (TPSA) is 95.5 Å². The molecule has 1 atom stereocenters. The molecule has 0 unspecified atom stereocenters. The molecule has 160 valence electrons. The first-order valence-electron chi connectivity index (χ1n) is 9.97. The van der Waals surface area contributed by atoms with Crippen molar-refractivity contribution in [2.45, 2.75) is 25.2 Å². The molecular weight excluding hydrogens is 416 g/mol. The second kappa shape index (κ2) is 9.65. The number of benzene rings is 2. The van der Waals surface area contributed by atoms with Gasteiger partial charge in [-0.2, -0.15) is 4.98 Å². The van der Waals surface area contributed by atoms with Gasteiger partial charge in [-0.25, -0.2) is 4.79 Å². The normalized spacial score (nSPS) is 14.3. The molecule has 0 amide bonds. The Balaban J connectivity index is 1.71. The Bertz CT molecular complexity index is 1080. The smallest absolute Gasteiger partial charge is 0.344 e. The number of carbonyl (C=O) groups is 1. The fourth-order valence-electron chi connectivity index (χ4n) is 3.15. The molecule has 0 bridgehead atoms. The third-order valence-corrected chi connectivity index (χ3v) is 5.18. The summed E-state index contributed by atoms with van der Waals surface area (Å²) in [5.74, 6) is 1.29. The number of anilines is 1. The van der Waals surface area contributed by atoms with Crippen molar-refractivity contribution in [1.29, 1.82) is 0 Å². The minimum absolute atomic E-state index is 0.189. The van der Waals surface area contributed by atoms with E-state index in [4.69, 9.17) is 14.2 Å². The van der Waals surface area contributed by atoms with Crippen molar-refractivity contribution in [3.05, 3.63) is 54.1 Å². The summed E-state index contributed by atoms with van der Waals surface area (Å²) < 4.78 is 17.0. The highest BCUT2D eigenvalue weighted by molar-refractivity contribution is 7.99. The zero-order valence-corrected chi connectivity index (χ0v) is 18.0. The lowest BCUT2D eigenvalue weighted by molar-refractivity contribution is -0.145. The fraction of sp³-hybridized carbons (Fsp3) is 0.273. The molecule has 0 saturated carbocycles. The highest BCUT2D eigenvalue weighted by Gasteiger charge is 2.28. The summed E-state index contributed by atoms with van der Waals surface area (Å²) in [4.78, 5) is 16.3. The minimum atomic E-state index is -0.614. The van der Waals surface area contributed by atoms with Gasteiger partial charge in [0.15, 0.2) is 12.3 Å². The zero-order chi connectivity index (χ0) is 21.6. The summed E-state index contributed by atoms with van der Waals surface area (Å²) in [6.07, 6.45) is -0.614. The standard InChI is InChI=1S/C22H22N4O4S/c1-3-28-18(27)13-29-17-12-8-6-10-15(17)20-23-16-11-7-5-9-14(16)19-21(30-20)24-22(26-25-19)31-4-2/h5-12,20,23H,3-4,13H2,1-2H3/t20-/m0/s1. The quantitative estimate of drug-likeness (QED) is 0.432. The summed E-state index contributed by atoms with van der Waals surface area (Å²) in [6.45, 7) is 3.89. The number of nitrogens with one attached hydrogen (secondary N) is 1. The number of thioether (sulfide) groups is 1. The zero-order valence-electron chi connectivity index (χ0n) is 17.2. The van der Waals surface area contributed by atoms with Crippen LogP contribution in [0.25, 0.3) is 11.3 Å². The SMILES string of the molecule is CCOC(=O)COc1ccccc1[C@H]1Nc2ccccc2-c2nnc(SCC)nc2O1. The highest BCUT2D eigenvalue weighted by atomic mass is 32.2. The van der Waals surface area contributed by atoms with Crippen LogP contribution in [0.3, 0.4) is 0 Å². The molecule has 3 aromatic rings. The van der Waals surface area contributed by atoms with Crippen LogP contribution in [-0.2, 0) is 9.53 Å². The van der Waals surface area contributed by atoms with Gasteiger partial charge in [-0.3, -0.25) is 0 Å². The van der Waals surface area contributed by atoms with E-state index >= 15 is 0 Å². The average molecular weight is 439 g/mol. The van der Waals surface area contributed by atoms with Crippen LogP contribution in [0, 0.1) is 0 Å². The average Bonchev–Trinajstić information content (AvgIpc) is 2.95. The number of ether oxygens (including phenoxy) is 3. The number of hydrogen-bond acceptors (Lipinski definition) is 9. The number of hydrogen-bond donors (Lipinski definition) is 1. The van der Waals surface area contributed by atoms with Crippen LogP contribution >= 0.6 is 11.8 Å². The highest BCUT2D eigenvalue weighted by Crippen LogP contribution is 2.40. The van der Waals surface area contributed by atoms with E-state index in [0.29, 0.717) is 29.1 Å².